The van der Waals surface area contributed by atoms with Crippen LogP contribution in [-0.4, -0.2) is 32.9 Å². The van der Waals surface area contributed by atoms with Crippen LogP contribution >= 0.6 is 0 Å². The first-order valence-electron chi connectivity index (χ1n) is 9.78. The van der Waals surface area contributed by atoms with Gasteiger partial charge in [0.05, 0.1) is 12.0 Å². The SMILES string of the molecule is C=CC(C)(CCC=C(C)C)CC(=O)O.C=CC(C)(O)CCC=C(C)C.CC(=O)O. The van der Waals surface area contributed by atoms with Gasteiger partial charge in [-0.2, -0.15) is 0 Å². The summed E-state index contributed by atoms with van der Waals surface area (Å²) >= 11 is 0. The monoisotopic (exact) mass is 410 g/mol. The van der Waals surface area contributed by atoms with Gasteiger partial charge in [-0.15, -0.1) is 13.2 Å². The third kappa shape index (κ3) is 28.2. The Morgan fingerprint density at radius 1 is 0.828 bits per heavy atom. The molecule has 0 saturated carbocycles. The van der Waals surface area contributed by atoms with Crippen LogP contribution in [0.25, 0.3) is 0 Å². The molecule has 29 heavy (non-hydrogen) atoms. The fraction of sp³-hybridized carbons (Fsp3) is 0.583. The molecular formula is C24H42O5. The highest BCUT2D eigenvalue weighted by Gasteiger charge is 2.22. The van der Waals surface area contributed by atoms with Gasteiger partial charge in [-0.05, 0) is 65.7 Å². The van der Waals surface area contributed by atoms with Crippen molar-refractivity contribution in [3.05, 3.63) is 48.6 Å². The summed E-state index contributed by atoms with van der Waals surface area (Å²) in [5.74, 6) is -1.59. The molecule has 3 N–H and O–H groups in total. The number of allylic oxidation sites excluding steroid dienone is 5. The normalized spacial score (nSPS) is 13.5. The van der Waals surface area contributed by atoms with Gasteiger partial charge in [0.1, 0.15) is 0 Å². The van der Waals surface area contributed by atoms with E-state index < -0.39 is 17.5 Å². The Hall–Kier alpha value is -2.14. The molecule has 0 aliphatic carbocycles. The number of aliphatic hydroxyl groups is 1. The number of hydrogen-bond donors (Lipinski definition) is 3. The molecule has 0 fully saturated rings. The summed E-state index contributed by atoms with van der Waals surface area (Å²) in [6, 6.07) is 0. The molecule has 168 valence electrons. The van der Waals surface area contributed by atoms with Crippen molar-refractivity contribution in [2.75, 3.05) is 0 Å². The lowest BCUT2D eigenvalue weighted by atomic mass is 9.82. The smallest absolute Gasteiger partial charge is 0.304 e. The Morgan fingerprint density at radius 3 is 1.48 bits per heavy atom. The number of aliphatic carboxylic acids is 2. The van der Waals surface area contributed by atoms with E-state index in [2.05, 4.69) is 39.2 Å². The van der Waals surface area contributed by atoms with Crippen LogP contribution in [0.15, 0.2) is 48.6 Å². The minimum atomic E-state index is -0.833. The highest BCUT2D eigenvalue weighted by atomic mass is 16.4. The van der Waals surface area contributed by atoms with Gasteiger partial charge >= 0.3 is 5.97 Å². The predicted molar refractivity (Wildman–Crippen MR) is 122 cm³/mol. The first-order valence-corrected chi connectivity index (χ1v) is 9.78. The van der Waals surface area contributed by atoms with Crippen molar-refractivity contribution in [2.24, 2.45) is 5.41 Å². The summed E-state index contributed by atoms with van der Waals surface area (Å²) in [7, 11) is 0. The highest BCUT2D eigenvalue weighted by Crippen LogP contribution is 2.29. The van der Waals surface area contributed by atoms with Gasteiger partial charge in [0.2, 0.25) is 0 Å². The molecule has 2 atom stereocenters. The average Bonchev–Trinajstić information content (AvgIpc) is 2.53. The molecule has 2 unspecified atom stereocenters. The van der Waals surface area contributed by atoms with Gasteiger partial charge < -0.3 is 15.3 Å². The minimum absolute atomic E-state index is 0.160. The molecule has 5 nitrogen and oxygen atoms in total. The summed E-state index contributed by atoms with van der Waals surface area (Å²) in [6.45, 7) is 20.3. The van der Waals surface area contributed by atoms with E-state index in [1.54, 1.807) is 19.1 Å². The lowest BCUT2D eigenvalue weighted by Gasteiger charge is -2.22. The number of carboxylic acid groups (broad SMARTS) is 2. The van der Waals surface area contributed by atoms with Gasteiger partial charge in [-0.3, -0.25) is 9.59 Å². The highest BCUT2D eigenvalue weighted by molar-refractivity contribution is 5.68. The topological polar surface area (TPSA) is 94.8 Å². The van der Waals surface area contributed by atoms with Crippen molar-refractivity contribution >= 4 is 11.9 Å². The van der Waals surface area contributed by atoms with E-state index in [1.165, 1.54) is 11.1 Å². The average molecular weight is 411 g/mol. The van der Waals surface area contributed by atoms with E-state index in [9.17, 15) is 9.90 Å². The van der Waals surface area contributed by atoms with Crippen LogP contribution < -0.4 is 0 Å². The van der Waals surface area contributed by atoms with Crippen molar-refractivity contribution in [2.45, 2.75) is 86.2 Å². The third-order valence-corrected chi connectivity index (χ3v) is 3.96. The molecule has 5 heteroatoms. The second kappa shape index (κ2) is 16.8. The molecule has 0 aliphatic heterocycles. The second-order valence-corrected chi connectivity index (χ2v) is 8.15. The van der Waals surface area contributed by atoms with Crippen LogP contribution in [0, 0.1) is 5.41 Å². The molecule has 0 radical (unpaired) electrons. The van der Waals surface area contributed by atoms with Crippen molar-refractivity contribution in [3.8, 4) is 0 Å². The van der Waals surface area contributed by atoms with Crippen LogP contribution in [0.4, 0.5) is 0 Å². The molecule has 0 heterocycles. The molecule has 0 saturated heterocycles. The first kappa shape index (κ1) is 31.6. The van der Waals surface area contributed by atoms with Gasteiger partial charge in [0, 0.05) is 6.92 Å². The molecular weight excluding hydrogens is 368 g/mol. The standard InChI is InChI=1S/C12H20O2.C10H18O.C2H4O2/c1-5-12(4,9-11(13)14)8-6-7-10(2)3;1-5-10(4,11)8-6-7-9(2)3;1-2(3)4/h5,7H,1,6,8-9H2,2-4H3,(H,13,14);5,7,11H,1,6,8H2,2-4H3;1H3,(H,3,4). The predicted octanol–water partition coefficient (Wildman–Crippen LogP) is 6.16. The van der Waals surface area contributed by atoms with Gasteiger partial charge in [0.25, 0.3) is 5.97 Å². The maximum Gasteiger partial charge on any atom is 0.304 e. The summed E-state index contributed by atoms with van der Waals surface area (Å²) in [5, 5.41) is 25.6. The van der Waals surface area contributed by atoms with E-state index in [-0.39, 0.29) is 11.8 Å². The molecule has 0 rings (SSSR count). The molecule has 0 aromatic rings. The maximum atomic E-state index is 10.6. The Kier molecular flexibility index (Phi) is 18.3. The number of hydrogen-bond acceptors (Lipinski definition) is 3. The van der Waals surface area contributed by atoms with E-state index in [4.69, 9.17) is 15.0 Å². The summed E-state index contributed by atoms with van der Waals surface area (Å²) in [6.07, 6.45) is 11.2. The zero-order chi connectivity index (χ0) is 23.7. The molecule has 0 aliphatic rings. The van der Waals surface area contributed by atoms with Gasteiger partial charge in [0.15, 0.2) is 0 Å². The molecule has 0 aromatic heterocycles. The maximum absolute atomic E-state index is 10.6. The Bertz CT molecular complexity index is 558. The van der Waals surface area contributed by atoms with Crippen molar-refractivity contribution in [1.82, 2.24) is 0 Å². The largest absolute Gasteiger partial charge is 0.481 e. The zero-order valence-corrected chi connectivity index (χ0v) is 19.4. The van der Waals surface area contributed by atoms with Crippen LogP contribution in [0.1, 0.15) is 80.6 Å². The minimum Gasteiger partial charge on any atom is -0.481 e. The molecule has 0 aromatic carbocycles. The fourth-order valence-electron chi connectivity index (χ4n) is 2.05. The lowest BCUT2D eigenvalue weighted by Crippen LogP contribution is -2.19. The van der Waals surface area contributed by atoms with Gasteiger partial charge in [-0.1, -0.05) is 42.4 Å². The van der Waals surface area contributed by atoms with Crippen LogP contribution in [0.2, 0.25) is 0 Å². The second-order valence-electron chi connectivity index (χ2n) is 8.15. The number of carbonyl (C=O) groups is 2. The van der Waals surface area contributed by atoms with Crippen molar-refractivity contribution < 1.29 is 24.9 Å². The molecule has 0 spiro atoms. The van der Waals surface area contributed by atoms with E-state index >= 15 is 0 Å². The van der Waals surface area contributed by atoms with E-state index in [0.29, 0.717) is 0 Å². The Labute approximate surface area is 177 Å². The van der Waals surface area contributed by atoms with Crippen LogP contribution in [0.3, 0.4) is 0 Å². The van der Waals surface area contributed by atoms with Crippen LogP contribution in [-0.2, 0) is 9.59 Å². The van der Waals surface area contributed by atoms with E-state index in [1.807, 2.05) is 20.8 Å². The fourth-order valence-corrected chi connectivity index (χ4v) is 2.05. The molecule has 0 amide bonds. The summed E-state index contributed by atoms with van der Waals surface area (Å²) in [5.41, 5.74) is 1.58. The molecule has 0 bridgehead atoms. The zero-order valence-electron chi connectivity index (χ0n) is 19.4. The Morgan fingerprint density at radius 2 is 1.21 bits per heavy atom. The van der Waals surface area contributed by atoms with Crippen LogP contribution in [0.5, 0.6) is 0 Å². The number of rotatable bonds is 10. The van der Waals surface area contributed by atoms with Crippen molar-refractivity contribution in [1.29, 1.82) is 0 Å². The quantitative estimate of drug-likeness (QED) is 0.375. The third-order valence-electron chi connectivity index (χ3n) is 3.96. The van der Waals surface area contributed by atoms with Crippen molar-refractivity contribution in [3.63, 3.8) is 0 Å². The Balaban J connectivity index is -0.000000401. The first-order chi connectivity index (χ1) is 13.1. The lowest BCUT2D eigenvalue weighted by molar-refractivity contribution is -0.139. The summed E-state index contributed by atoms with van der Waals surface area (Å²) in [4.78, 5) is 19.6. The van der Waals surface area contributed by atoms with Gasteiger partial charge in [-0.25, -0.2) is 0 Å². The van der Waals surface area contributed by atoms with E-state index in [0.717, 1.165) is 32.6 Å². The number of carboxylic acids is 2. The summed E-state index contributed by atoms with van der Waals surface area (Å²) < 4.78 is 0.